The molecule has 18 heavy (non-hydrogen) atoms. The molecular formula is C13H9F3O2. The van der Waals surface area contributed by atoms with Crippen molar-refractivity contribution in [2.45, 2.75) is 6.18 Å². The maximum atomic E-state index is 11.9. The SMILES string of the molecule is O=C(OCC(F)(F)F)c1ccc2ccccc2c1. The lowest BCUT2D eigenvalue weighted by Gasteiger charge is -2.08. The van der Waals surface area contributed by atoms with E-state index in [2.05, 4.69) is 4.74 Å². The quantitative estimate of drug-likeness (QED) is 0.766. The largest absolute Gasteiger partial charge is 0.452 e. The summed E-state index contributed by atoms with van der Waals surface area (Å²) >= 11 is 0. The van der Waals surface area contributed by atoms with Gasteiger partial charge in [-0.1, -0.05) is 30.3 Å². The molecule has 2 aromatic rings. The van der Waals surface area contributed by atoms with Gasteiger partial charge in [0.25, 0.3) is 0 Å². The van der Waals surface area contributed by atoms with Crippen molar-refractivity contribution < 1.29 is 22.7 Å². The second-order valence-electron chi connectivity index (χ2n) is 3.75. The van der Waals surface area contributed by atoms with Crippen LogP contribution in [0.15, 0.2) is 42.5 Å². The van der Waals surface area contributed by atoms with Gasteiger partial charge in [-0.2, -0.15) is 13.2 Å². The van der Waals surface area contributed by atoms with Crippen LogP contribution in [-0.4, -0.2) is 18.8 Å². The molecule has 0 saturated carbocycles. The van der Waals surface area contributed by atoms with Gasteiger partial charge in [-0.25, -0.2) is 4.79 Å². The van der Waals surface area contributed by atoms with Gasteiger partial charge in [0, 0.05) is 0 Å². The molecule has 0 saturated heterocycles. The first kappa shape index (κ1) is 12.4. The van der Waals surface area contributed by atoms with Crippen molar-refractivity contribution in [3.63, 3.8) is 0 Å². The monoisotopic (exact) mass is 254 g/mol. The third kappa shape index (κ3) is 3.00. The van der Waals surface area contributed by atoms with Crippen LogP contribution in [0.2, 0.25) is 0 Å². The average Bonchev–Trinajstić information content (AvgIpc) is 2.34. The summed E-state index contributed by atoms with van der Waals surface area (Å²) in [5.41, 5.74) is 0.109. The standard InChI is InChI=1S/C13H9F3O2/c14-13(15,16)8-18-12(17)11-6-5-9-3-1-2-4-10(9)7-11/h1-7H,8H2. The van der Waals surface area contributed by atoms with Crippen LogP contribution in [0, 0.1) is 0 Å². The number of alkyl halides is 3. The van der Waals surface area contributed by atoms with Gasteiger partial charge < -0.3 is 4.74 Å². The molecule has 0 unspecified atom stereocenters. The van der Waals surface area contributed by atoms with Crippen molar-refractivity contribution in [1.29, 1.82) is 0 Å². The molecule has 0 radical (unpaired) electrons. The lowest BCUT2D eigenvalue weighted by atomic mass is 10.1. The van der Waals surface area contributed by atoms with Crippen molar-refractivity contribution >= 4 is 16.7 Å². The van der Waals surface area contributed by atoms with Crippen LogP contribution in [0.5, 0.6) is 0 Å². The van der Waals surface area contributed by atoms with Crippen LogP contribution in [0.3, 0.4) is 0 Å². The van der Waals surface area contributed by atoms with E-state index in [1.165, 1.54) is 12.1 Å². The molecule has 0 spiro atoms. The number of halogens is 3. The Morgan fingerprint density at radius 3 is 2.39 bits per heavy atom. The normalized spacial score (nSPS) is 11.5. The number of esters is 1. The first-order valence-electron chi connectivity index (χ1n) is 5.18. The number of carbonyl (C=O) groups excluding carboxylic acids is 1. The highest BCUT2D eigenvalue weighted by Crippen LogP contribution is 2.18. The molecule has 0 N–H and O–H groups in total. The number of hydrogen-bond acceptors (Lipinski definition) is 2. The third-order valence-corrected chi connectivity index (χ3v) is 2.35. The van der Waals surface area contributed by atoms with Crippen molar-refractivity contribution in [2.24, 2.45) is 0 Å². The first-order chi connectivity index (χ1) is 8.46. The molecule has 0 aliphatic heterocycles. The molecule has 0 atom stereocenters. The summed E-state index contributed by atoms with van der Waals surface area (Å²) in [5.74, 6) is -0.974. The summed E-state index contributed by atoms with van der Waals surface area (Å²) in [6, 6.07) is 11.9. The van der Waals surface area contributed by atoms with E-state index >= 15 is 0 Å². The zero-order chi connectivity index (χ0) is 13.2. The summed E-state index contributed by atoms with van der Waals surface area (Å²) < 4.78 is 39.9. The molecule has 2 rings (SSSR count). The summed E-state index contributed by atoms with van der Waals surface area (Å²) in [5, 5.41) is 1.68. The van der Waals surface area contributed by atoms with Crippen molar-refractivity contribution in [3.05, 3.63) is 48.0 Å². The Morgan fingerprint density at radius 1 is 1.06 bits per heavy atom. The van der Waals surface area contributed by atoms with Crippen molar-refractivity contribution in [3.8, 4) is 0 Å². The predicted octanol–water partition coefficient (Wildman–Crippen LogP) is 3.56. The van der Waals surface area contributed by atoms with E-state index in [-0.39, 0.29) is 5.56 Å². The van der Waals surface area contributed by atoms with E-state index in [0.29, 0.717) is 0 Å². The Kier molecular flexibility index (Phi) is 3.23. The highest BCUT2D eigenvalue weighted by atomic mass is 19.4. The van der Waals surface area contributed by atoms with Crippen LogP contribution in [0.4, 0.5) is 13.2 Å². The molecule has 94 valence electrons. The van der Waals surface area contributed by atoms with Crippen molar-refractivity contribution in [1.82, 2.24) is 0 Å². The fourth-order valence-electron chi connectivity index (χ4n) is 1.55. The lowest BCUT2D eigenvalue weighted by molar-refractivity contribution is -0.161. The fraction of sp³-hybridized carbons (Fsp3) is 0.154. The Bertz CT molecular complexity index is 576. The van der Waals surface area contributed by atoms with Gasteiger partial charge in [0.15, 0.2) is 6.61 Å². The van der Waals surface area contributed by atoms with E-state index in [0.717, 1.165) is 10.8 Å². The number of benzene rings is 2. The molecule has 0 aliphatic carbocycles. The lowest BCUT2D eigenvalue weighted by Crippen LogP contribution is -2.20. The Hall–Kier alpha value is -2.04. The van der Waals surface area contributed by atoms with Crippen LogP contribution in [0.25, 0.3) is 10.8 Å². The molecule has 2 nitrogen and oxygen atoms in total. The van der Waals surface area contributed by atoms with Gasteiger partial charge in [0.2, 0.25) is 0 Å². The van der Waals surface area contributed by atoms with Gasteiger partial charge >= 0.3 is 12.1 Å². The van der Waals surface area contributed by atoms with E-state index in [4.69, 9.17) is 0 Å². The number of carbonyl (C=O) groups is 1. The minimum Gasteiger partial charge on any atom is -0.452 e. The molecule has 0 heterocycles. The molecule has 0 fully saturated rings. The average molecular weight is 254 g/mol. The molecule has 5 heteroatoms. The number of hydrogen-bond donors (Lipinski definition) is 0. The molecule has 2 aromatic carbocycles. The number of fused-ring (bicyclic) bond motifs is 1. The van der Waals surface area contributed by atoms with E-state index < -0.39 is 18.8 Å². The number of ether oxygens (including phenoxy) is 1. The minimum absolute atomic E-state index is 0.109. The van der Waals surface area contributed by atoms with Crippen LogP contribution >= 0.6 is 0 Å². The van der Waals surface area contributed by atoms with Crippen LogP contribution < -0.4 is 0 Å². The molecule has 0 aliphatic rings. The zero-order valence-electron chi connectivity index (χ0n) is 9.20. The second kappa shape index (κ2) is 4.68. The Morgan fingerprint density at radius 2 is 1.72 bits per heavy atom. The summed E-state index contributed by atoms with van der Waals surface area (Å²) in [7, 11) is 0. The van der Waals surface area contributed by atoms with Gasteiger partial charge in [0.1, 0.15) is 0 Å². The molecule has 0 amide bonds. The number of rotatable bonds is 2. The summed E-state index contributed by atoms with van der Waals surface area (Å²) in [6.07, 6.45) is -4.51. The summed E-state index contributed by atoms with van der Waals surface area (Å²) in [6.45, 7) is -1.57. The van der Waals surface area contributed by atoms with Crippen molar-refractivity contribution in [2.75, 3.05) is 6.61 Å². The highest BCUT2D eigenvalue weighted by Gasteiger charge is 2.29. The van der Waals surface area contributed by atoms with Gasteiger partial charge in [0.05, 0.1) is 5.56 Å². The first-order valence-corrected chi connectivity index (χ1v) is 5.18. The maximum absolute atomic E-state index is 11.9. The van der Waals surface area contributed by atoms with Crippen LogP contribution in [0.1, 0.15) is 10.4 Å². The predicted molar refractivity (Wildman–Crippen MR) is 60.3 cm³/mol. The van der Waals surface area contributed by atoms with Gasteiger partial charge in [-0.3, -0.25) is 0 Å². The smallest absolute Gasteiger partial charge is 0.422 e. The Balaban J connectivity index is 2.18. The molecule has 0 bridgehead atoms. The maximum Gasteiger partial charge on any atom is 0.422 e. The van der Waals surface area contributed by atoms with E-state index in [1.807, 2.05) is 12.1 Å². The zero-order valence-corrected chi connectivity index (χ0v) is 9.20. The van der Waals surface area contributed by atoms with Crippen LogP contribution in [-0.2, 0) is 4.74 Å². The molecule has 0 aromatic heterocycles. The summed E-state index contributed by atoms with van der Waals surface area (Å²) in [4.78, 5) is 11.4. The van der Waals surface area contributed by atoms with Gasteiger partial charge in [-0.15, -0.1) is 0 Å². The van der Waals surface area contributed by atoms with Gasteiger partial charge in [-0.05, 0) is 22.9 Å². The highest BCUT2D eigenvalue weighted by molar-refractivity contribution is 5.95. The van der Waals surface area contributed by atoms with E-state index in [9.17, 15) is 18.0 Å². The topological polar surface area (TPSA) is 26.3 Å². The second-order valence-corrected chi connectivity index (χ2v) is 3.75. The third-order valence-electron chi connectivity index (χ3n) is 2.35. The Labute approximate surface area is 101 Å². The fourth-order valence-corrected chi connectivity index (χ4v) is 1.55. The van der Waals surface area contributed by atoms with E-state index in [1.54, 1.807) is 18.2 Å². The molecular weight excluding hydrogens is 245 g/mol. The minimum atomic E-state index is -4.51.